The van der Waals surface area contributed by atoms with Crippen molar-refractivity contribution in [2.24, 2.45) is 5.92 Å². The molecule has 0 bridgehead atoms. The molecule has 1 aliphatic rings. The smallest absolute Gasteiger partial charge is 0.0875 e. The van der Waals surface area contributed by atoms with Gasteiger partial charge in [0.2, 0.25) is 0 Å². The van der Waals surface area contributed by atoms with Gasteiger partial charge >= 0.3 is 0 Å². The van der Waals surface area contributed by atoms with E-state index in [-0.39, 0.29) is 0 Å². The van der Waals surface area contributed by atoms with E-state index in [0.29, 0.717) is 11.7 Å². The van der Waals surface area contributed by atoms with Crippen molar-refractivity contribution >= 4 is 7.48 Å². The standard InChI is InChI=1S/C7H12BO/c1-6-4-2-3-5-7(6)8-9/h2-7,9H,8H2,1H3/q-1/t6-,7?/m1/s1. The van der Waals surface area contributed by atoms with Gasteiger partial charge in [0.15, 0.2) is 0 Å². The molecular formula is C7H12BO-. The maximum Gasteiger partial charge on any atom is 0.0875 e. The van der Waals surface area contributed by atoms with Crippen molar-refractivity contribution in [3.63, 3.8) is 0 Å². The molecule has 1 rings (SSSR count). The van der Waals surface area contributed by atoms with Crippen LogP contribution in [0, 0.1) is 5.92 Å². The molecule has 0 aromatic carbocycles. The minimum Gasteiger partial charge on any atom is -0.609 e. The minimum atomic E-state index is -0.709. The maximum absolute atomic E-state index is 8.90. The summed E-state index contributed by atoms with van der Waals surface area (Å²) in [5.74, 6) is 1.02. The van der Waals surface area contributed by atoms with Crippen LogP contribution in [-0.4, -0.2) is 12.5 Å². The van der Waals surface area contributed by atoms with Crippen LogP contribution in [-0.2, 0) is 0 Å². The van der Waals surface area contributed by atoms with E-state index < -0.39 is 7.48 Å². The van der Waals surface area contributed by atoms with Gasteiger partial charge in [-0.3, -0.25) is 0 Å². The van der Waals surface area contributed by atoms with Crippen molar-refractivity contribution in [3.8, 4) is 0 Å². The highest BCUT2D eigenvalue weighted by molar-refractivity contribution is 6.29. The van der Waals surface area contributed by atoms with Crippen LogP contribution in [0.4, 0.5) is 0 Å². The normalized spacial score (nSPS) is 33.1. The average Bonchev–Trinajstić information content (AvgIpc) is 1.89. The van der Waals surface area contributed by atoms with Gasteiger partial charge in [-0.25, -0.2) is 0 Å². The van der Waals surface area contributed by atoms with Gasteiger partial charge in [-0.05, 0) is 5.92 Å². The van der Waals surface area contributed by atoms with Crippen LogP contribution >= 0.6 is 0 Å². The summed E-state index contributed by atoms with van der Waals surface area (Å²) in [6, 6.07) is 0. The third kappa shape index (κ3) is 1.45. The Balaban J connectivity index is 2.55. The van der Waals surface area contributed by atoms with Crippen molar-refractivity contribution < 1.29 is 5.02 Å². The molecule has 2 atom stereocenters. The molecule has 0 fully saturated rings. The molecule has 0 saturated heterocycles. The van der Waals surface area contributed by atoms with E-state index in [1.807, 2.05) is 12.2 Å². The van der Waals surface area contributed by atoms with Crippen LogP contribution in [0.1, 0.15) is 6.92 Å². The molecule has 1 N–H and O–H groups in total. The Morgan fingerprint density at radius 3 is 2.44 bits per heavy atom. The molecule has 0 saturated carbocycles. The lowest BCUT2D eigenvalue weighted by Gasteiger charge is -2.21. The Morgan fingerprint density at radius 2 is 2.00 bits per heavy atom. The lowest BCUT2D eigenvalue weighted by Crippen LogP contribution is -2.09. The van der Waals surface area contributed by atoms with Crippen molar-refractivity contribution in [2.45, 2.75) is 12.7 Å². The fraction of sp³-hybridized carbons (Fsp3) is 0.429. The van der Waals surface area contributed by atoms with E-state index >= 15 is 0 Å². The second-order valence-corrected chi connectivity index (χ2v) is 2.75. The van der Waals surface area contributed by atoms with Gasteiger partial charge < -0.3 is 5.02 Å². The SMILES string of the molecule is C[C@@H]1C=CC=CC1[BH2-]O. The predicted molar refractivity (Wildman–Crippen MR) is 42.0 cm³/mol. The fourth-order valence-corrected chi connectivity index (χ4v) is 1.15. The van der Waals surface area contributed by atoms with Gasteiger partial charge in [0.05, 0.1) is 7.48 Å². The monoisotopic (exact) mass is 123 g/mol. The van der Waals surface area contributed by atoms with Gasteiger partial charge in [-0.15, -0.1) is 11.9 Å². The lowest BCUT2D eigenvalue weighted by molar-refractivity contribution is 0.564. The first kappa shape index (κ1) is 6.62. The molecule has 0 aromatic heterocycles. The van der Waals surface area contributed by atoms with Crippen LogP contribution in [0.15, 0.2) is 24.3 Å². The highest BCUT2D eigenvalue weighted by Gasteiger charge is 2.06. The van der Waals surface area contributed by atoms with Crippen LogP contribution in [0.25, 0.3) is 0 Å². The van der Waals surface area contributed by atoms with Crippen LogP contribution in [0.5, 0.6) is 0 Å². The Bertz CT molecular complexity index is 140. The van der Waals surface area contributed by atoms with Gasteiger partial charge in [0, 0.05) is 0 Å². The lowest BCUT2D eigenvalue weighted by atomic mass is 9.70. The first-order valence-electron chi connectivity index (χ1n) is 3.60. The second-order valence-electron chi connectivity index (χ2n) is 2.75. The Kier molecular flexibility index (Phi) is 2.12. The molecule has 0 spiro atoms. The number of allylic oxidation sites excluding steroid dienone is 4. The molecule has 0 heterocycles. The zero-order valence-corrected chi connectivity index (χ0v) is 5.91. The Labute approximate surface area is 56.4 Å². The summed E-state index contributed by atoms with van der Waals surface area (Å²) in [5, 5.41) is 8.90. The molecule has 0 aliphatic heterocycles. The topological polar surface area (TPSA) is 20.2 Å². The molecule has 0 amide bonds. The molecule has 0 radical (unpaired) electrons. The Hall–Kier alpha value is -0.495. The molecular weight excluding hydrogens is 111 g/mol. The van der Waals surface area contributed by atoms with Crippen molar-refractivity contribution in [3.05, 3.63) is 24.3 Å². The summed E-state index contributed by atoms with van der Waals surface area (Å²) >= 11 is 0. The summed E-state index contributed by atoms with van der Waals surface area (Å²) in [4.78, 5) is 0. The van der Waals surface area contributed by atoms with Crippen LogP contribution in [0.2, 0.25) is 5.82 Å². The summed E-state index contributed by atoms with van der Waals surface area (Å²) in [6.45, 7) is 2.14. The quantitative estimate of drug-likeness (QED) is 0.506. The third-order valence-electron chi connectivity index (χ3n) is 2.07. The minimum absolute atomic E-state index is 0.468. The van der Waals surface area contributed by atoms with Gasteiger partial charge in [-0.2, -0.15) is 0 Å². The molecule has 1 unspecified atom stereocenters. The molecule has 1 nitrogen and oxygen atoms in total. The molecule has 9 heavy (non-hydrogen) atoms. The third-order valence-corrected chi connectivity index (χ3v) is 2.07. The summed E-state index contributed by atoms with van der Waals surface area (Å²) in [5.41, 5.74) is 0. The highest BCUT2D eigenvalue weighted by atomic mass is 16.2. The predicted octanol–water partition coefficient (Wildman–Crippen LogP) is 0.613. The zero-order chi connectivity index (χ0) is 6.69. The van der Waals surface area contributed by atoms with Gasteiger partial charge in [0.25, 0.3) is 0 Å². The molecule has 0 aromatic rings. The molecule has 1 aliphatic carbocycles. The van der Waals surface area contributed by atoms with E-state index in [2.05, 4.69) is 19.1 Å². The zero-order valence-electron chi connectivity index (χ0n) is 5.91. The fourth-order valence-electron chi connectivity index (χ4n) is 1.15. The number of hydrogen-bond acceptors (Lipinski definition) is 1. The largest absolute Gasteiger partial charge is 0.609 e. The molecule has 50 valence electrons. The van der Waals surface area contributed by atoms with Crippen molar-refractivity contribution in [1.82, 2.24) is 0 Å². The Morgan fingerprint density at radius 1 is 1.33 bits per heavy atom. The van der Waals surface area contributed by atoms with E-state index in [0.717, 1.165) is 0 Å². The van der Waals surface area contributed by atoms with Crippen molar-refractivity contribution in [2.75, 3.05) is 0 Å². The first-order chi connectivity index (χ1) is 4.34. The summed E-state index contributed by atoms with van der Waals surface area (Å²) < 4.78 is 0. The van der Waals surface area contributed by atoms with E-state index in [4.69, 9.17) is 5.02 Å². The highest BCUT2D eigenvalue weighted by Crippen LogP contribution is 2.22. The van der Waals surface area contributed by atoms with Gasteiger partial charge in [-0.1, -0.05) is 25.2 Å². The van der Waals surface area contributed by atoms with Gasteiger partial charge in [0.1, 0.15) is 0 Å². The van der Waals surface area contributed by atoms with Crippen molar-refractivity contribution in [1.29, 1.82) is 0 Å². The first-order valence-corrected chi connectivity index (χ1v) is 3.60. The second kappa shape index (κ2) is 2.88. The number of rotatable bonds is 1. The van der Waals surface area contributed by atoms with E-state index in [1.54, 1.807) is 0 Å². The maximum atomic E-state index is 8.90. The summed E-state index contributed by atoms with van der Waals surface area (Å²) in [7, 11) is -0.709. The average molecular weight is 123 g/mol. The van der Waals surface area contributed by atoms with Crippen LogP contribution in [0.3, 0.4) is 0 Å². The van der Waals surface area contributed by atoms with E-state index in [9.17, 15) is 0 Å². The summed E-state index contributed by atoms with van der Waals surface area (Å²) in [6.07, 6.45) is 8.31. The van der Waals surface area contributed by atoms with E-state index in [1.165, 1.54) is 0 Å². The molecule has 2 heteroatoms. The van der Waals surface area contributed by atoms with Crippen LogP contribution < -0.4 is 0 Å². The number of hydrogen-bond donors (Lipinski definition) is 1.